The Morgan fingerprint density at radius 3 is 3.24 bits per heavy atom. The Balaban J connectivity index is 1.54. The lowest BCUT2D eigenvalue weighted by Crippen LogP contribution is -2.24. The molecule has 0 spiro atoms. The summed E-state index contributed by atoms with van der Waals surface area (Å²) < 4.78 is 6.03. The second-order valence-corrected chi connectivity index (χ2v) is 6.09. The first kappa shape index (κ1) is 14.2. The van der Waals surface area contributed by atoms with Crippen molar-refractivity contribution in [3.63, 3.8) is 0 Å². The Hall–Kier alpha value is -1.80. The summed E-state index contributed by atoms with van der Waals surface area (Å²) in [6.07, 6.45) is 3.27. The molecule has 8 heteroatoms. The number of imidazole rings is 1. The van der Waals surface area contributed by atoms with Crippen molar-refractivity contribution in [2.75, 3.05) is 5.75 Å². The van der Waals surface area contributed by atoms with Crippen LogP contribution in [0, 0.1) is 0 Å². The predicted octanol–water partition coefficient (Wildman–Crippen LogP) is 2.72. The molecule has 21 heavy (non-hydrogen) atoms. The van der Waals surface area contributed by atoms with E-state index >= 15 is 0 Å². The van der Waals surface area contributed by atoms with Crippen LogP contribution < -0.4 is 5.32 Å². The van der Waals surface area contributed by atoms with E-state index in [9.17, 15) is 4.79 Å². The fourth-order valence-electron chi connectivity index (χ4n) is 1.70. The number of carbonyl (C=O) groups excluding carboxylic acids is 1. The Labute approximate surface area is 132 Å². The number of hydrogen-bond donors (Lipinski definition) is 2. The van der Waals surface area contributed by atoms with Crippen LogP contribution in [0.15, 0.2) is 44.7 Å². The molecule has 0 saturated heterocycles. The van der Waals surface area contributed by atoms with Crippen molar-refractivity contribution in [1.82, 2.24) is 20.3 Å². The zero-order chi connectivity index (χ0) is 14.7. The molecule has 0 aliphatic carbocycles. The predicted molar refractivity (Wildman–Crippen MR) is 82.9 cm³/mol. The van der Waals surface area contributed by atoms with Gasteiger partial charge in [-0.15, -0.1) is 0 Å². The molecule has 0 bridgehead atoms. The lowest BCUT2D eigenvalue weighted by atomic mass is 10.4. The van der Waals surface area contributed by atoms with E-state index in [1.165, 1.54) is 11.8 Å². The molecule has 6 nitrogen and oxygen atoms in total. The van der Waals surface area contributed by atoms with Crippen LogP contribution >= 0.6 is 27.7 Å². The number of nitrogens with zero attached hydrogens (tertiary/aromatic N) is 2. The van der Waals surface area contributed by atoms with Gasteiger partial charge >= 0.3 is 0 Å². The Kier molecular flexibility index (Phi) is 4.26. The maximum Gasteiger partial charge on any atom is 0.230 e. The summed E-state index contributed by atoms with van der Waals surface area (Å²) in [5, 5.41) is 3.45. The Morgan fingerprint density at radius 2 is 2.43 bits per heavy atom. The van der Waals surface area contributed by atoms with E-state index in [0.717, 1.165) is 15.7 Å². The van der Waals surface area contributed by atoms with Crippen LogP contribution in [0.5, 0.6) is 0 Å². The number of carbonyl (C=O) groups is 1. The fourth-order valence-corrected chi connectivity index (χ4v) is 2.74. The Morgan fingerprint density at radius 1 is 1.52 bits per heavy atom. The van der Waals surface area contributed by atoms with Crippen molar-refractivity contribution >= 4 is 44.8 Å². The quantitative estimate of drug-likeness (QED) is 0.678. The highest BCUT2D eigenvalue weighted by Gasteiger charge is 2.08. The van der Waals surface area contributed by atoms with Crippen LogP contribution in [-0.4, -0.2) is 26.6 Å². The minimum atomic E-state index is -0.0778. The molecule has 3 rings (SSSR count). The van der Waals surface area contributed by atoms with E-state index in [-0.39, 0.29) is 11.7 Å². The summed E-state index contributed by atoms with van der Waals surface area (Å²) in [7, 11) is 0. The van der Waals surface area contributed by atoms with Crippen LogP contribution in [0.2, 0.25) is 0 Å². The number of thioether (sulfide) groups is 1. The number of rotatable bonds is 5. The first-order valence-corrected chi connectivity index (χ1v) is 7.92. The smallest absolute Gasteiger partial charge is 0.230 e. The molecular weight excluding hydrogens is 356 g/mol. The first-order valence-electron chi connectivity index (χ1n) is 6.14. The standard InChI is InChI=1S/C13H11BrN4O2S/c14-8-4-10-12(16-5-8)18-13(17-10)21-7-11(19)15-6-9-2-1-3-20-9/h1-5H,6-7H2,(H,15,19)(H,16,17,18). The van der Waals surface area contributed by atoms with Gasteiger partial charge in [0.15, 0.2) is 10.8 Å². The third kappa shape index (κ3) is 3.64. The van der Waals surface area contributed by atoms with Gasteiger partial charge in [-0.25, -0.2) is 9.97 Å². The monoisotopic (exact) mass is 366 g/mol. The number of aromatic nitrogens is 3. The van der Waals surface area contributed by atoms with Crippen LogP contribution in [0.4, 0.5) is 0 Å². The van der Waals surface area contributed by atoms with Gasteiger partial charge in [0.1, 0.15) is 5.76 Å². The largest absolute Gasteiger partial charge is 0.467 e. The topological polar surface area (TPSA) is 83.8 Å². The highest BCUT2D eigenvalue weighted by Crippen LogP contribution is 2.20. The maximum atomic E-state index is 11.7. The van der Waals surface area contributed by atoms with Gasteiger partial charge in [0.05, 0.1) is 24.1 Å². The van der Waals surface area contributed by atoms with Gasteiger partial charge in [-0.3, -0.25) is 4.79 Å². The van der Waals surface area contributed by atoms with Crippen molar-refractivity contribution in [2.24, 2.45) is 0 Å². The molecule has 1 amide bonds. The van der Waals surface area contributed by atoms with Gasteiger partial charge < -0.3 is 14.7 Å². The average molecular weight is 367 g/mol. The second-order valence-electron chi connectivity index (χ2n) is 4.21. The van der Waals surface area contributed by atoms with Gasteiger partial charge in [0.2, 0.25) is 5.91 Å². The summed E-state index contributed by atoms with van der Waals surface area (Å²) in [4.78, 5) is 23.4. The molecule has 0 atom stereocenters. The molecule has 0 aromatic carbocycles. The summed E-state index contributed by atoms with van der Waals surface area (Å²) in [6.45, 7) is 0.390. The van der Waals surface area contributed by atoms with Crippen LogP contribution in [-0.2, 0) is 11.3 Å². The molecular formula is C13H11BrN4O2S. The van der Waals surface area contributed by atoms with Gasteiger partial charge in [-0.2, -0.15) is 0 Å². The van der Waals surface area contributed by atoms with Crippen LogP contribution in [0.25, 0.3) is 11.2 Å². The number of H-pyrrole nitrogens is 1. The second kappa shape index (κ2) is 6.31. The number of furan rings is 1. The van der Waals surface area contributed by atoms with Crippen LogP contribution in [0.1, 0.15) is 5.76 Å². The zero-order valence-corrected chi connectivity index (χ0v) is 13.2. The number of amides is 1. The molecule has 0 radical (unpaired) electrons. The number of pyridine rings is 1. The SMILES string of the molecule is O=C(CSc1nc2ncc(Br)cc2[nH]1)NCc1ccco1. The molecule has 0 aliphatic heterocycles. The molecule has 0 saturated carbocycles. The normalized spacial score (nSPS) is 10.9. The molecule has 2 N–H and O–H groups in total. The third-order valence-corrected chi connectivity index (χ3v) is 3.97. The lowest BCUT2D eigenvalue weighted by Gasteiger charge is -2.01. The van der Waals surface area contributed by atoms with E-state index < -0.39 is 0 Å². The van der Waals surface area contributed by atoms with E-state index in [1.807, 2.05) is 12.1 Å². The molecule has 0 aliphatic rings. The number of fused-ring (bicyclic) bond motifs is 1. The number of hydrogen-bond acceptors (Lipinski definition) is 5. The van der Waals surface area contributed by atoms with Crippen molar-refractivity contribution in [2.45, 2.75) is 11.7 Å². The van der Waals surface area contributed by atoms with Crippen molar-refractivity contribution in [3.8, 4) is 0 Å². The minimum Gasteiger partial charge on any atom is -0.467 e. The third-order valence-electron chi connectivity index (χ3n) is 2.66. The van der Waals surface area contributed by atoms with Gasteiger partial charge in [0.25, 0.3) is 0 Å². The molecule has 3 aromatic heterocycles. The van der Waals surface area contributed by atoms with Gasteiger partial charge in [-0.05, 0) is 34.1 Å². The summed E-state index contributed by atoms with van der Waals surface area (Å²) in [5.41, 5.74) is 1.47. The minimum absolute atomic E-state index is 0.0778. The Bertz CT molecular complexity index is 757. The number of aromatic amines is 1. The van der Waals surface area contributed by atoms with E-state index in [1.54, 1.807) is 18.5 Å². The zero-order valence-electron chi connectivity index (χ0n) is 10.8. The first-order chi connectivity index (χ1) is 10.2. The molecule has 3 aromatic rings. The van der Waals surface area contributed by atoms with Gasteiger partial charge in [0, 0.05) is 10.7 Å². The molecule has 0 unspecified atom stereocenters. The van der Waals surface area contributed by atoms with Crippen molar-refractivity contribution in [3.05, 3.63) is 40.9 Å². The van der Waals surface area contributed by atoms with Gasteiger partial charge in [-0.1, -0.05) is 11.8 Å². The van der Waals surface area contributed by atoms with Crippen molar-refractivity contribution in [1.29, 1.82) is 0 Å². The van der Waals surface area contributed by atoms with Crippen LogP contribution in [0.3, 0.4) is 0 Å². The highest BCUT2D eigenvalue weighted by atomic mass is 79.9. The molecule has 3 heterocycles. The lowest BCUT2D eigenvalue weighted by molar-refractivity contribution is -0.118. The number of nitrogens with one attached hydrogen (secondary N) is 2. The summed E-state index contributed by atoms with van der Waals surface area (Å²) in [5.74, 6) is 0.930. The fraction of sp³-hybridized carbons (Fsp3) is 0.154. The summed E-state index contributed by atoms with van der Waals surface area (Å²) in [6, 6.07) is 5.50. The van der Waals surface area contributed by atoms with Crippen molar-refractivity contribution < 1.29 is 9.21 Å². The van der Waals surface area contributed by atoms with E-state index in [2.05, 4.69) is 36.2 Å². The molecule has 108 valence electrons. The van der Waals surface area contributed by atoms with E-state index in [0.29, 0.717) is 17.3 Å². The average Bonchev–Trinajstić information content (AvgIpc) is 3.11. The summed E-state index contributed by atoms with van der Waals surface area (Å²) >= 11 is 4.69. The molecule has 0 fully saturated rings. The highest BCUT2D eigenvalue weighted by molar-refractivity contribution is 9.10. The maximum absolute atomic E-state index is 11.7. The van der Waals surface area contributed by atoms with E-state index in [4.69, 9.17) is 4.42 Å². The number of halogens is 1.